The van der Waals surface area contributed by atoms with Gasteiger partial charge in [-0.3, -0.25) is 0 Å². The van der Waals surface area contributed by atoms with Crippen LogP contribution in [0.4, 0.5) is 0 Å². The Morgan fingerprint density at radius 2 is 2.00 bits per heavy atom. The van der Waals surface area contributed by atoms with Gasteiger partial charge in [0.1, 0.15) is 0 Å². The summed E-state index contributed by atoms with van der Waals surface area (Å²) in [5.41, 5.74) is 0. The summed E-state index contributed by atoms with van der Waals surface area (Å²) in [6.07, 6.45) is 2.95. The van der Waals surface area contributed by atoms with Crippen LogP contribution in [0.15, 0.2) is 0 Å². The molecule has 0 aliphatic carbocycles. The summed E-state index contributed by atoms with van der Waals surface area (Å²) in [6, 6.07) is 1.95. The van der Waals surface area contributed by atoms with E-state index in [4.69, 9.17) is 0 Å². The number of hydrogen-bond acceptors (Lipinski definition) is 1. The zero-order valence-corrected chi connectivity index (χ0v) is 4.57. The van der Waals surface area contributed by atoms with Gasteiger partial charge in [-0.2, -0.15) is 0 Å². The van der Waals surface area contributed by atoms with Crippen molar-refractivity contribution in [1.29, 1.82) is 0 Å². The molecule has 0 saturated carbocycles. The summed E-state index contributed by atoms with van der Waals surface area (Å²) >= 11 is 0. The SMILES string of the molecule is C1PCC2NC12. The van der Waals surface area contributed by atoms with Gasteiger partial charge in [0.05, 0.1) is 0 Å². The van der Waals surface area contributed by atoms with Gasteiger partial charge in [0.2, 0.25) is 0 Å². The number of nitrogens with one attached hydrogen (secondary N) is 1. The third-order valence-corrected chi connectivity index (χ3v) is 2.99. The lowest BCUT2D eigenvalue weighted by Gasteiger charge is -1.83. The van der Waals surface area contributed by atoms with Crippen LogP contribution in [0.5, 0.6) is 0 Å². The topological polar surface area (TPSA) is 21.9 Å². The lowest BCUT2D eigenvalue weighted by atomic mass is 10.4. The van der Waals surface area contributed by atoms with Crippen LogP contribution in [0.3, 0.4) is 0 Å². The van der Waals surface area contributed by atoms with E-state index in [1.54, 1.807) is 0 Å². The summed E-state index contributed by atoms with van der Waals surface area (Å²) in [7, 11) is 1.28. The van der Waals surface area contributed by atoms with E-state index in [0.29, 0.717) is 0 Å². The van der Waals surface area contributed by atoms with Crippen LogP contribution in [0.2, 0.25) is 0 Å². The van der Waals surface area contributed by atoms with E-state index in [1.165, 1.54) is 20.9 Å². The van der Waals surface area contributed by atoms with Gasteiger partial charge in [0, 0.05) is 12.1 Å². The maximum atomic E-state index is 3.38. The third-order valence-electron chi connectivity index (χ3n) is 1.53. The molecular formula is C4H8NP. The predicted octanol–water partition coefficient (Wildman–Crippen LogP) is 0.0189. The standard InChI is InChI=1S/C4H8NP/c1-3-4(5-3)2-6-1/h3-6H,1-2H2. The molecule has 2 aliphatic heterocycles. The molecule has 2 rings (SSSR count). The normalized spacial score (nSPS) is 56.0. The Morgan fingerprint density at radius 3 is 2.17 bits per heavy atom. The van der Waals surface area contributed by atoms with Crippen molar-refractivity contribution in [2.75, 3.05) is 12.3 Å². The highest BCUT2D eigenvalue weighted by Gasteiger charge is 2.39. The van der Waals surface area contributed by atoms with Crippen LogP contribution in [0.25, 0.3) is 0 Å². The highest BCUT2D eigenvalue weighted by Crippen LogP contribution is 2.32. The number of rotatable bonds is 0. The molecule has 34 valence electrons. The molecule has 0 aromatic heterocycles. The molecular weight excluding hydrogens is 93.0 g/mol. The second-order valence-electron chi connectivity index (χ2n) is 2.04. The Balaban J connectivity index is 2.09. The predicted molar refractivity (Wildman–Crippen MR) is 28.8 cm³/mol. The summed E-state index contributed by atoms with van der Waals surface area (Å²) in [5, 5.41) is 3.38. The van der Waals surface area contributed by atoms with Gasteiger partial charge in [0.15, 0.2) is 0 Å². The minimum Gasteiger partial charge on any atom is -0.307 e. The molecule has 1 nitrogen and oxygen atoms in total. The Bertz CT molecular complexity index is 65.9. The van der Waals surface area contributed by atoms with Crippen LogP contribution in [-0.4, -0.2) is 24.4 Å². The average molecular weight is 101 g/mol. The Labute approximate surface area is 39.3 Å². The van der Waals surface area contributed by atoms with Crippen LogP contribution >= 0.6 is 8.58 Å². The van der Waals surface area contributed by atoms with Crippen LogP contribution in [0, 0.1) is 0 Å². The van der Waals surface area contributed by atoms with Crippen LogP contribution in [-0.2, 0) is 0 Å². The fourth-order valence-corrected chi connectivity index (χ4v) is 2.61. The Morgan fingerprint density at radius 1 is 1.33 bits per heavy atom. The highest BCUT2D eigenvalue weighted by molar-refractivity contribution is 7.38. The lowest BCUT2D eigenvalue weighted by Crippen LogP contribution is -1.90. The Kier molecular flexibility index (Phi) is 0.545. The van der Waals surface area contributed by atoms with Crippen LogP contribution in [0.1, 0.15) is 0 Å². The van der Waals surface area contributed by atoms with Crippen molar-refractivity contribution in [3.8, 4) is 0 Å². The maximum Gasteiger partial charge on any atom is 0.0264 e. The molecule has 2 heterocycles. The second-order valence-corrected chi connectivity index (χ2v) is 3.35. The first-order valence-electron chi connectivity index (χ1n) is 2.43. The molecule has 0 aromatic rings. The van der Waals surface area contributed by atoms with Crippen molar-refractivity contribution < 1.29 is 0 Å². The first kappa shape index (κ1) is 3.40. The fraction of sp³-hybridized carbons (Fsp3) is 1.00. The van der Waals surface area contributed by atoms with Gasteiger partial charge in [0.25, 0.3) is 0 Å². The molecule has 2 fully saturated rings. The molecule has 2 heteroatoms. The minimum atomic E-state index is 0.975. The van der Waals surface area contributed by atoms with Crippen molar-refractivity contribution in [3.63, 3.8) is 0 Å². The van der Waals surface area contributed by atoms with Crippen molar-refractivity contribution in [3.05, 3.63) is 0 Å². The van der Waals surface area contributed by atoms with Crippen molar-refractivity contribution in [2.45, 2.75) is 12.1 Å². The summed E-state index contributed by atoms with van der Waals surface area (Å²) < 4.78 is 0. The summed E-state index contributed by atoms with van der Waals surface area (Å²) in [5.74, 6) is 0. The molecule has 2 unspecified atom stereocenters. The highest BCUT2D eigenvalue weighted by atomic mass is 31.1. The average Bonchev–Trinajstić information content (AvgIpc) is 2.17. The maximum absolute atomic E-state index is 3.38. The van der Waals surface area contributed by atoms with E-state index in [-0.39, 0.29) is 0 Å². The zero-order valence-electron chi connectivity index (χ0n) is 3.57. The van der Waals surface area contributed by atoms with Gasteiger partial charge in [-0.1, -0.05) is 0 Å². The quantitative estimate of drug-likeness (QED) is 0.337. The smallest absolute Gasteiger partial charge is 0.0264 e. The Hall–Kier alpha value is 0.390. The summed E-state index contributed by atoms with van der Waals surface area (Å²) in [4.78, 5) is 0. The lowest BCUT2D eigenvalue weighted by molar-refractivity contribution is 1.10. The first-order chi connectivity index (χ1) is 2.97. The third kappa shape index (κ3) is 0.329. The van der Waals surface area contributed by atoms with Crippen molar-refractivity contribution in [1.82, 2.24) is 5.32 Å². The second kappa shape index (κ2) is 0.962. The van der Waals surface area contributed by atoms with Gasteiger partial charge in [-0.05, 0) is 12.3 Å². The van der Waals surface area contributed by atoms with Gasteiger partial charge in [-0.15, -0.1) is 8.58 Å². The first-order valence-corrected chi connectivity index (χ1v) is 3.85. The van der Waals surface area contributed by atoms with Crippen molar-refractivity contribution in [2.24, 2.45) is 0 Å². The molecule has 2 saturated heterocycles. The van der Waals surface area contributed by atoms with E-state index < -0.39 is 0 Å². The van der Waals surface area contributed by atoms with E-state index in [2.05, 4.69) is 5.32 Å². The van der Waals surface area contributed by atoms with E-state index in [1.807, 2.05) is 0 Å². The minimum absolute atomic E-state index is 0.975. The van der Waals surface area contributed by atoms with Crippen molar-refractivity contribution >= 4 is 8.58 Å². The molecule has 0 radical (unpaired) electrons. The number of fused-ring (bicyclic) bond motifs is 1. The monoisotopic (exact) mass is 101 g/mol. The van der Waals surface area contributed by atoms with Gasteiger partial charge >= 0.3 is 0 Å². The van der Waals surface area contributed by atoms with Gasteiger partial charge in [-0.25, -0.2) is 0 Å². The summed E-state index contributed by atoms with van der Waals surface area (Å²) in [6.45, 7) is 0. The zero-order chi connectivity index (χ0) is 3.98. The molecule has 0 bridgehead atoms. The molecule has 1 N–H and O–H groups in total. The van der Waals surface area contributed by atoms with E-state index >= 15 is 0 Å². The van der Waals surface area contributed by atoms with Gasteiger partial charge < -0.3 is 5.32 Å². The molecule has 0 spiro atoms. The molecule has 0 aromatic carbocycles. The van der Waals surface area contributed by atoms with E-state index in [0.717, 1.165) is 12.1 Å². The fourth-order valence-electron chi connectivity index (χ4n) is 1.02. The molecule has 2 atom stereocenters. The number of hydrogen-bond donors (Lipinski definition) is 1. The van der Waals surface area contributed by atoms with E-state index in [9.17, 15) is 0 Å². The largest absolute Gasteiger partial charge is 0.307 e. The van der Waals surface area contributed by atoms with Crippen LogP contribution < -0.4 is 5.32 Å². The molecule has 0 amide bonds. The molecule has 6 heavy (non-hydrogen) atoms. The molecule has 2 aliphatic rings.